The van der Waals surface area contributed by atoms with Gasteiger partial charge in [-0.2, -0.15) is 0 Å². The summed E-state index contributed by atoms with van der Waals surface area (Å²) in [5.74, 6) is -1.29. The van der Waals surface area contributed by atoms with Crippen LogP contribution in [0.1, 0.15) is 30.9 Å². The molecule has 2 aliphatic heterocycles. The van der Waals surface area contributed by atoms with Gasteiger partial charge in [-0.25, -0.2) is 9.59 Å². The van der Waals surface area contributed by atoms with E-state index in [1.54, 1.807) is 57.3 Å². The number of amides is 2. The smallest absolute Gasteiger partial charge is 0.418 e. The molecule has 4 rings (SSSR count). The molecule has 0 unspecified atom stereocenters. The second-order valence-corrected chi connectivity index (χ2v) is 8.66. The summed E-state index contributed by atoms with van der Waals surface area (Å²) in [6.45, 7) is 7.51. The third-order valence-electron chi connectivity index (χ3n) is 6.49. The number of hydrogen-bond donors (Lipinski definition) is 0. The number of anilines is 2. The van der Waals surface area contributed by atoms with E-state index in [1.165, 1.54) is 30.2 Å². The van der Waals surface area contributed by atoms with Crippen LogP contribution in [-0.2, 0) is 24.5 Å². The lowest BCUT2D eigenvalue weighted by Crippen LogP contribution is -2.46. The monoisotopic (exact) mass is 476 g/mol. The van der Waals surface area contributed by atoms with Gasteiger partial charge in [0.1, 0.15) is 11.2 Å². The van der Waals surface area contributed by atoms with Crippen LogP contribution >= 0.6 is 0 Å². The molecule has 0 radical (unpaired) electrons. The average molecular weight is 477 g/mol. The molecule has 2 aliphatic rings. The Bertz CT molecular complexity index is 1250. The first-order valence-corrected chi connectivity index (χ1v) is 11.2. The summed E-state index contributed by atoms with van der Waals surface area (Å²) in [4.78, 5) is 43.6. The molecule has 0 aliphatic carbocycles. The number of allylic oxidation sites excluding steroid dienone is 1. The maximum Gasteiger partial charge on any atom is 0.418 e. The molecular formula is C27H28N2O6. The van der Waals surface area contributed by atoms with Crippen LogP contribution < -0.4 is 14.5 Å². The predicted octanol–water partition coefficient (Wildman–Crippen LogP) is 4.30. The molecule has 2 aromatic carbocycles. The number of para-hydroxylation sites is 1. The second kappa shape index (κ2) is 8.94. The Balaban J connectivity index is 2.15. The molecular weight excluding hydrogens is 448 g/mol. The molecule has 2 atom stereocenters. The quantitative estimate of drug-likeness (QED) is 0.483. The van der Waals surface area contributed by atoms with Crippen molar-refractivity contribution >= 4 is 29.3 Å². The number of nitrogens with zero attached hydrogens (tertiary/aromatic N) is 2. The predicted molar refractivity (Wildman–Crippen MR) is 132 cm³/mol. The van der Waals surface area contributed by atoms with Crippen molar-refractivity contribution in [1.29, 1.82) is 0 Å². The lowest BCUT2D eigenvalue weighted by atomic mass is 9.64. The first-order valence-electron chi connectivity index (χ1n) is 11.2. The van der Waals surface area contributed by atoms with E-state index in [0.717, 1.165) is 0 Å². The number of esters is 1. The molecule has 0 saturated heterocycles. The summed E-state index contributed by atoms with van der Waals surface area (Å²) >= 11 is 0. The molecule has 0 N–H and O–H groups in total. The number of benzene rings is 2. The molecule has 0 aromatic heterocycles. The molecule has 2 amide bonds. The molecule has 8 nitrogen and oxygen atoms in total. The minimum Gasteiger partial charge on any atom is -0.497 e. The Morgan fingerprint density at radius 1 is 1.11 bits per heavy atom. The minimum atomic E-state index is -1.56. The van der Waals surface area contributed by atoms with Crippen molar-refractivity contribution in [3.63, 3.8) is 0 Å². The van der Waals surface area contributed by atoms with Gasteiger partial charge < -0.3 is 19.1 Å². The first kappa shape index (κ1) is 24.1. The summed E-state index contributed by atoms with van der Waals surface area (Å²) in [5.41, 5.74) is 0.721. The van der Waals surface area contributed by atoms with Crippen LogP contribution in [0.2, 0.25) is 0 Å². The molecule has 1 spiro atoms. The van der Waals surface area contributed by atoms with Crippen LogP contribution in [0.3, 0.4) is 0 Å². The Hall–Kier alpha value is -4.07. The van der Waals surface area contributed by atoms with Gasteiger partial charge in [0, 0.05) is 30.4 Å². The SMILES string of the molecule is C=C[C@H]1c2ccccc2N(C(=O)OC(C)C)C=C(C(=O)OC)[C@]12C(=O)N(C)c1ccc(OC)cc12. The van der Waals surface area contributed by atoms with Gasteiger partial charge >= 0.3 is 12.1 Å². The number of fused-ring (bicyclic) bond motifs is 3. The van der Waals surface area contributed by atoms with E-state index in [4.69, 9.17) is 14.2 Å². The largest absolute Gasteiger partial charge is 0.497 e. The Morgan fingerprint density at radius 2 is 1.83 bits per heavy atom. The Labute approximate surface area is 204 Å². The van der Waals surface area contributed by atoms with Gasteiger partial charge in [-0.15, -0.1) is 6.58 Å². The summed E-state index contributed by atoms with van der Waals surface area (Å²) in [6.07, 6.45) is 1.91. The fraction of sp³-hybridized carbons (Fsp3) is 0.296. The van der Waals surface area contributed by atoms with Gasteiger partial charge in [-0.05, 0) is 43.7 Å². The molecule has 0 saturated carbocycles. The standard InChI is InChI=1S/C27H28N2O6/c1-7-19-18-10-8-9-11-22(18)29(26(32)35-16(2)3)15-21(24(30)34-6)27(19)20-14-17(33-5)12-13-23(20)28(4)25(27)31/h7-16,19H,1H2,2-6H3/t19-,27-/m0/s1. The second-order valence-electron chi connectivity index (χ2n) is 8.66. The van der Waals surface area contributed by atoms with E-state index in [1.807, 2.05) is 12.1 Å². The molecule has 2 heterocycles. The van der Waals surface area contributed by atoms with Crippen LogP contribution in [0.5, 0.6) is 5.75 Å². The van der Waals surface area contributed by atoms with Crippen LogP contribution in [0.25, 0.3) is 0 Å². The Morgan fingerprint density at radius 3 is 2.46 bits per heavy atom. The molecule has 2 aromatic rings. The van der Waals surface area contributed by atoms with E-state index < -0.39 is 29.5 Å². The van der Waals surface area contributed by atoms with Crippen LogP contribution in [-0.4, -0.2) is 45.3 Å². The Kier molecular flexibility index (Phi) is 6.15. The number of methoxy groups -OCH3 is 2. The summed E-state index contributed by atoms with van der Waals surface area (Å²) < 4.78 is 16.1. The average Bonchev–Trinajstić information content (AvgIpc) is 2.99. The fourth-order valence-electron chi connectivity index (χ4n) is 5.01. The lowest BCUT2D eigenvalue weighted by molar-refractivity contribution is -0.138. The molecule has 182 valence electrons. The van der Waals surface area contributed by atoms with Crippen LogP contribution in [0, 0.1) is 0 Å². The number of likely N-dealkylation sites (N-methyl/N-ethyl adjacent to an activating group) is 1. The molecule has 35 heavy (non-hydrogen) atoms. The van der Waals surface area contributed by atoms with E-state index >= 15 is 0 Å². The van der Waals surface area contributed by atoms with Gasteiger partial charge in [0.05, 0.1) is 31.6 Å². The summed E-state index contributed by atoms with van der Waals surface area (Å²) in [6, 6.07) is 12.4. The zero-order valence-corrected chi connectivity index (χ0v) is 20.4. The van der Waals surface area contributed by atoms with Crippen molar-refractivity contribution in [3.05, 3.63) is 78.0 Å². The van der Waals surface area contributed by atoms with E-state index in [9.17, 15) is 14.4 Å². The maximum absolute atomic E-state index is 14.2. The number of rotatable bonds is 4. The zero-order chi connectivity index (χ0) is 25.5. The molecule has 8 heteroatoms. The van der Waals surface area contributed by atoms with Gasteiger partial charge in [0.25, 0.3) is 0 Å². The van der Waals surface area contributed by atoms with E-state index in [0.29, 0.717) is 28.3 Å². The topological polar surface area (TPSA) is 85.4 Å². The van der Waals surface area contributed by atoms with Crippen molar-refractivity contribution in [2.45, 2.75) is 31.3 Å². The van der Waals surface area contributed by atoms with Gasteiger partial charge in [0.15, 0.2) is 0 Å². The van der Waals surface area contributed by atoms with Crippen molar-refractivity contribution in [2.24, 2.45) is 0 Å². The third-order valence-corrected chi connectivity index (χ3v) is 6.49. The highest BCUT2D eigenvalue weighted by Crippen LogP contribution is 2.57. The zero-order valence-electron chi connectivity index (χ0n) is 20.4. The van der Waals surface area contributed by atoms with E-state index in [-0.39, 0.29) is 11.5 Å². The highest BCUT2D eigenvalue weighted by molar-refractivity contribution is 6.17. The number of carbonyl (C=O) groups excluding carboxylic acids is 3. The van der Waals surface area contributed by atoms with Crippen molar-refractivity contribution in [1.82, 2.24) is 0 Å². The van der Waals surface area contributed by atoms with Gasteiger partial charge in [-0.1, -0.05) is 24.3 Å². The fourth-order valence-corrected chi connectivity index (χ4v) is 5.01. The number of ether oxygens (including phenoxy) is 3. The van der Waals surface area contributed by atoms with Crippen LogP contribution in [0.4, 0.5) is 16.2 Å². The number of carbonyl (C=O) groups is 3. The maximum atomic E-state index is 14.2. The highest BCUT2D eigenvalue weighted by Gasteiger charge is 2.60. The lowest BCUT2D eigenvalue weighted by Gasteiger charge is -2.35. The minimum absolute atomic E-state index is 0.00865. The van der Waals surface area contributed by atoms with Crippen molar-refractivity contribution in [2.75, 3.05) is 31.1 Å². The van der Waals surface area contributed by atoms with E-state index in [2.05, 4.69) is 6.58 Å². The molecule has 0 bridgehead atoms. The first-order chi connectivity index (χ1) is 16.7. The summed E-state index contributed by atoms with van der Waals surface area (Å²) in [5, 5.41) is 0. The third kappa shape index (κ3) is 3.48. The van der Waals surface area contributed by atoms with Gasteiger partial charge in [-0.3, -0.25) is 9.69 Å². The van der Waals surface area contributed by atoms with Gasteiger partial charge in [0.2, 0.25) is 5.91 Å². The summed E-state index contributed by atoms with van der Waals surface area (Å²) in [7, 11) is 4.42. The van der Waals surface area contributed by atoms with Crippen LogP contribution in [0.15, 0.2) is 66.9 Å². The highest BCUT2D eigenvalue weighted by atomic mass is 16.6. The normalized spacial score (nSPS) is 20.7. The van der Waals surface area contributed by atoms with Crippen molar-refractivity contribution in [3.8, 4) is 5.75 Å². The van der Waals surface area contributed by atoms with Crippen molar-refractivity contribution < 1.29 is 28.6 Å². The number of hydrogen-bond acceptors (Lipinski definition) is 6. The molecule has 0 fully saturated rings.